The zero-order chi connectivity index (χ0) is 32.8. The van der Waals surface area contributed by atoms with Crippen molar-refractivity contribution < 1.29 is 19.5 Å². The summed E-state index contributed by atoms with van der Waals surface area (Å²) >= 11 is 0. The van der Waals surface area contributed by atoms with Crippen LogP contribution in [0.1, 0.15) is 157 Å². The van der Waals surface area contributed by atoms with Crippen LogP contribution >= 0.6 is 0 Å². The topological polar surface area (TPSA) is 71.4 Å². The summed E-state index contributed by atoms with van der Waals surface area (Å²) in [5.41, 5.74) is 1.40. The van der Waals surface area contributed by atoms with Crippen molar-refractivity contribution in [2.75, 3.05) is 0 Å². The van der Waals surface area contributed by atoms with E-state index in [4.69, 9.17) is 0 Å². The van der Waals surface area contributed by atoms with E-state index in [-0.39, 0.29) is 16.9 Å². The van der Waals surface area contributed by atoms with Gasteiger partial charge < -0.3 is 5.11 Å². The average molecular weight is 635 g/mol. The molecule has 8 rings (SSSR count). The lowest BCUT2D eigenvalue weighted by molar-refractivity contribution is -0.143. The Morgan fingerprint density at radius 3 is 1.54 bits per heavy atom. The van der Waals surface area contributed by atoms with E-state index >= 15 is 0 Å². The number of carbonyl (C=O) groups excluding carboxylic acids is 3. The van der Waals surface area contributed by atoms with Crippen LogP contribution in [0.2, 0.25) is 0 Å². The Morgan fingerprint density at radius 1 is 0.565 bits per heavy atom. The van der Waals surface area contributed by atoms with Crippen molar-refractivity contribution in [3.8, 4) is 0 Å². The minimum absolute atomic E-state index is 0.0490. The predicted octanol–water partition coefficient (Wildman–Crippen LogP) is 9.40. The van der Waals surface area contributed by atoms with E-state index in [2.05, 4.69) is 27.7 Å². The molecule has 258 valence electrons. The molecule has 0 saturated heterocycles. The van der Waals surface area contributed by atoms with Crippen LogP contribution in [0.5, 0.6) is 0 Å². The summed E-state index contributed by atoms with van der Waals surface area (Å²) in [6.45, 7) is 13.5. The van der Waals surface area contributed by atoms with Gasteiger partial charge in [0.25, 0.3) is 0 Å². The highest BCUT2D eigenvalue weighted by Gasteiger charge is 2.62. The molecule has 0 amide bonds. The minimum atomic E-state index is -0.0490. The number of rotatable bonds is 2. The summed E-state index contributed by atoms with van der Waals surface area (Å²) in [7, 11) is 0. The standard InChI is InChI=1S/C21H34O2.C21H32O2/c2*1-13(22)17-6-7-18-16-5-4-14-12-15(23)8-10-20(14,2)19(16)9-11-21(17,18)3/h14-19,23H,4-12H2,1-3H3;14,16-19H,4-12H2,1-3H3/t14?,15-,16-,17+,18-,19?,20-,21+;14?,16-,17+,18-,19?,20-,21+/m00/s1. The molecule has 0 bridgehead atoms. The normalized spacial score (nSPS) is 54.1. The van der Waals surface area contributed by atoms with E-state index in [1.807, 2.05) is 13.8 Å². The van der Waals surface area contributed by atoms with Gasteiger partial charge in [-0.2, -0.15) is 0 Å². The molecule has 0 aromatic rings. The highest BCUT2D eigenvalue weighted by molar-refractivity contribution is 5.80. The number of carbonyl (C=O) groups is 3. The van der Waals surface area contributed by atoms with Crippen LogP contribution in [0.4, 0.5) is 0 Å². The SMILES string of the molecule is CC(=O)[C@H]1CC[C@H]2[C@@H]3CCC4CC(=O)CC[C@]4(C)C3CC[C@]12C.CC(=O)[C@H]1CC[C@H]2[C@@H]3CCC4C[C@@H](O)CC[C@]4(C)C3CC[C@]12C. The van der Waals surface area contributed by atoms with Crippen LogP contribution in [0.15, 0.2) is 0 Å². The van der Waals surface area contributed by atoms with Gasteiger partial charge in [0.2, 0.25) is 0 Å². The van der Waals surface area contributed by atoms with Gasteiger partial charge in [0.15, 0.2) is 0 Å². The third-order valence-electron chi connectivity index (χ3n) is 18.1. The first-order valence-electron chi connectivity index (χ1n) is 19.9. The van der Waals surface area contributed by atoms with E-state index in [0.29, 0.717) is 45.9 Å². The second-order valence-electron chi connectivity index (χ2n) is 19.6. The Balaban J connectivity index is 0.000000147. The fourth-order valence-electron chi connectivity index (χ4n) is 15.6. The maximum atomic E-state index is 12.2. The van der Waals surface area contributed by atoms with Crippen LogP contribution in [0.3, 0.4) is 0 Å². The van der Waals surface area contributed by atoms with E-state index in [9.17, 15) is 19.5 Å². The van der Waals surface area contributed by atoms with Gasteiger partial charge in [-0.3, -0.25) is 14.4 Å². The number of hydrogen-bond acceptors (Lipinski definition) is 4. The second-order valence-corrected chi connectivity index (χ2v) is 19.6. The first kappa shape index (κ1) is 33.5. The van der Waals surface area contributed by atoms with Gasteiger partial charge in [0, 0.05) is 24.7 Å². The molecule has 0 spiro atoms. The highest BCUT2D eigenvalue weighted by Crippen LogP contribution is 2.69. The van der Waals surface area contributed by atoms with E-state index < -0.39 is 0 Å². The smallest absolute Gasteiger partial charge is 0.133 e. The predicted molar refractivity (Wildman–Crippen MR) is 183 cm³/mol. The molecular weight excluding hydrogens is 568 g/mol. The van der Waals surface area contributed by atoms with Crippen LogP contribution in [-0.4, -0.2) is 28.6 Å². The molecular formula is C42H66O4. The number of ketones is 3. The number of Topliss-reactive ketones (excluding diaryl/α,β-unsaturated/α-hetero) is 3. The number of aliphatic hydroxyl groups excluding tert-OH is 1. The Kier molecular flexibility index (Phi) is 8.58. The minimum Gasteiger partial charge on any atom is -0.393 e. The molecule has 0 radical (unpaired) electrons. The van der Waals surface area contributed by atoms with Crippen molar-refractivity contribution >= 4 is 17.3 Å². The van der Waals surface area contributed by atoms with Gasteiger partial charge in [-0.1, -0.05) is 27.7 Å². The largest absolute Gasteiger partial charge is 0.393 e. The number of fused-ring (bicyclic) bond motifs is 10. The molecule has 8 aliphatic carbocycles. The van der Waals surface area contributed by atoms with Gasteiger partial charge >= 0.3 is 0 Å². The van der Waals surface area contributed by atoms with Gasteiger partial charge in [-0.05, 0) is 186 Å². The molecule has 8 saturated carbocycles. The molecule has 0 aromatic heterocycles. The Bertz CT molecular complexity index is 1220. The van der Waals surface area contributed by atoms with Crippen molar-refractivity contribution in [3.05, 3.63) is 0 Å². The quantitative estimate of drug-likeness (QED) is 0.329. The van der Waals surface area contributed by atoms with Crippen molar-refractivity contribution in [2.24, 2.45) is 80.8 Å². The fourth-order valence-corrected chi connectivity index (χ4v) is 15.6. The zero-order valence-electron chi connectivity index (χ0n) is 30.3. The summed E-state index contributed by atoms with van der Waals surface area (Å²) < 4.78 is 0. The van der Waals surface area contributed by atoms with Crippen LogP contribution in [0.25, 0.3) is 0 Å². The first-order chi connectivity index (χ1) is 21.7. The maximum Gasteiger partial charge on any atom is 0.133 e. The summed E-state index contributed by atoms with van der Waals surface area (Å²) in [6, 6.07) is 0. The molecule has 1 N–H and O–H groups in total. The first-order valence-corrected chi connectivity index (χ1v) is 19.9. The molecule has 8 aliphatic rings. The van der Waals surface area contributed by atoms with Crippen molar-refractivity contribution in [1.29, 1.82) is 0 Å². The molecule has 0 aromatic carbocycles. The van der Waals surface area contributed by atoms with Crippen LogP contribution in [0, 0.1) is 80.8 Å². The molecule has 0 heterocycles. The average Bonchev–Trinajstić information content (AvgIpc) is 3.55. The van der Waals surface area contributed by atoms with Crippen molar-refractivity contribution in [3.63, 3.8) is 0 Å². The van der Waals surface area contributed by atoms with Crippen molar-refractivity contribution in [1.82, 2.24) is 0 Å². The Labute approximate surface area is 280 Å². The molecule has 0 aliphatic heterocycles. The van der Waals surface area contributed by atoms with Crippen molar-refractivity contribution in [2.45, 2.75) is 163 Å². The molecule has 8 fully saturated rings. The second kappa shape index (κ2) is 11.8. The third kappa shape index (κ3) is 5.01. The summed E-state index contributed by atoms with van der Waals surface area (Å²) in [4.78, 5) is 36.3. The van der Waals surface area contributed by atoms with Gasteiger partial charge in [0.1, 0.15) is 17.3 Å². The van der Waals surface area contributed by atoms with Crippen LogP contribution < -0.4 is 0 Å². The Hall–Kier alpha value is -1.03. The van der Waals surface area contributed by atoms with E-state index in [1.165, 1.54) is 70.6 Å². The van der Waals surface area contributed by atoms with E-state index in [1.54, 1.807) is 0 Å². The lowest BCUT2D eigenvalue weighted by Crippen LogP contribution is -2.54. The number of hydrogen-bond donors (Lipinski definition) is 1. The zero-order valence-corrected chi connectivity index (χ0v) is 30.3. The summed E-state index contributed by atoms with van der Waals surface area (Å²) in [5.74, 6) is 8.22. The number of aliphatic hydroxyl groups is 1. The lowest BCUT2D eigenvalue weighted by Gasteiger charge is -2.60. The molecule has 4 nitrogen and oxygen atoms in total. The molecule has 46 heavy (non-hydrogen) atoms. The van der Waals surface area contributed by atoms with Gasteiger partial charge in [0.05, 0.1) is 6.10 Å². The van der Waals surface area contributed by atoms with Gasteiger partial charge in [-0.25, -0.2) is 0 Å². The maximum absolute atomic E-state index is 12.2. The van der Waals surface area contributed by atoms with Gasteiger partial charge in [-0.15, -0.1) is 0 Å². The molecule has 4 unspecified atom stereocenters. The summed E-state index contributed by atoms with van der Waals surface area (Å²) in [5, 5.41) is 10.1. The Morgan fingerprint density at radius 2 is 1.02 bits per heavy atom. The molecule has 4 heteroatoms. The molecule has 15 atom stereocenters. The monoisotopic (exact) mass is 634 g/mol. The van der Waals surface area contributed by atoms with Crippen LogP contribution in [-0.2, 0) is 14.4 Å². The summed E-state index contributed by atoms with van der Waals surface area (Å²) in [6.07, 6.45) is 21.1. The highest BCUT2D eigenvalue weighted by atomic mass is 16.3. The third-order valence-corrected chi connectivity index (χ3v) is 18.1. The lowest BCUT2D eigenvalue weighted by atomic mass is 9.44. The van der Waals surface area contributed by atoms with E-state index in [0.717, 1.165) is 86.4 Å². The fraction of sp³-hybridized carbons (Fsp3) is 0.929.